The molecule has 0 aliphatic carbocycles. The number of nitrogens with zero attached hydrogens (tertiary/aromatic N) is 1. The number of nitrogens with one attached hydrogen (secondary N) is 1. The molecule has 1 aliphatic rings. The zero-order chi connectivity index (χ0) is 11.4. The van der Waals surface area contributed by atoms with Gasteiger partial charge in [0.2, 0.25) is 0 Å². The Morgan fingerprint density at radius 2 is 2.00 bits per heavy atom. The first-order valence-electron chi connectivity index (χ1n) is 5.61. The minimum atomic E-state index is -0.112. The lowest BCUT2D eigenvalue weighted by molar-refractivity contribution is -0.149. The van der Waals surface area contributed by atoms with Crippen LogP contribution in [0.4, 0.5) is 0 Å². The van der Waals surface area contributed by atoms with Crippen LogP contribution < -0.4 is 5.32 Å². The number of methoxy groups -OCH3 is 1. The Hall–Kier alpha value is -0.0300. The van der Waals surface area contributed by atoms with Gasteiger partial charge in [0, 0.05) is 25.7 Å². The summed E-state index contributed by atoms with van der Waals surface area (Å²) in [5.41, 5.74) is 0. The molecule has 104 valence electrons. The van der Waals surface area contributed by atoms with Crippen LogP contribution >= 0.6 is 24.8 Å². The van der Waals surface area contributed by atoms with Crippen molar-refractivity contribution in [2.75, 3.05) is 26.7 Å². The minimum absolute atomic E-state index is 0. The highest BCUT2D eigenvalue weighted by Gasteiger charge is 2.31. The highest BCUT2D eigenvalue weighted by molar-refractivity contribution is 5.85. The molecule has 0 aromatic rings. The van der Waals surface area contributed by atoms with Gasteiger partial charge in [-0.3, -0.25) is 9.69 Å². The Morgan fingerprint density at radius 1 is 1.41 bits per heavy atom. The lowest BCUT2D eigenvalue weighted by atomic mass is 10.0. The average molecular weight is 287 g/mol. The van der Waals surface area contributed by atoms with Crippen LogP contribution in [0.5, 0.6) is 0 Å². The lowest BCUT2D eigenvalue weighted by Gasteiger charge is -2.38. The van der Waals surface area contributed by atoms with E-state index in [-0.39, 0.29) is 36.8 Å². The topological polar surface area (TPSA) is 41.6 Å². The van der Waals surface area contributed by atoms with Crippen LogP contribution in [0.25, 0.3) is 0 Å². The lowest BCUT2D eigenvalue weighted by Crippen LogP contribution is -2.56. The molecule has 2 atom stereocenters. The largest absolute Gasteiger partial charge is 0.468 e. The first-order chi connectivity index (χ1) is 7.06. The van der Waals surface area contributed by atoms with Crippen molar-refractivity contribution >= 4 is 30.8 Å². The predicted octanol–water partition coefficient (Wildman–Crippen LogP) is 1.32. The fraction of sp³-hybridized carbons (Fsp3) is 0.909. The van der Waals surface area contributed by atoms with Crippen LogP contribution in [-0.2, 0) is 9.53 Å². The number of halogens is 2. The Balaban J connectivity index is 0. The van der Waals surface area contributed by atoms with Gasteiger partial charge < -0.3 is 10.1 Å². The third kappa shape index (κ3) is 5.42. The van der Waals surface area contributed by atoms with E-state index in [0.717, 1.165) is 19.6 Å². The van der Waals surface area contributed by atoms with Crippen molar-refractivity contribution in [1.82, 2.24) is 10.2 Å². The zero-order valence-electron chi connectivity index (χ0n) is 10.9. The highest BCUT2D eigenvalue weighted by atomic mass is 35.5. The number of hydrogen-bond acceptors (Lipinski definition) is 4. The summed E-state index contributed by atoms with van der Waals surface area (Å²) in [6.45, 7) is 9.05. The molecule has 1 unspecified atom stereocenters. The van der Waals surface area contributed by atoms with E-state index in [2.05, 4.69) is 31.0 Å². The van der Waals surface area contributed by atoms with Crippen molar-refractivity contribution < 1.29 is 9.53 Å². The normalized spacial score (nSPS) is 22.3. The third-order valence-electron chi connectivity index (χ3n) is 2.87. The molecule has 1 fully saturated rings. The Labute approximate surface area is 116 Å². The molecule has 1 saturated heterocycles. The molecule has 0 aromatic heterocycles. The van der Waals surface area contributed by atoms with Crippen molar-refractivity contribution in [3.8, 4) is 0 Å². The first-order valence-corrected chi connectivity index (χ1v) is 5.61. The van der Waals surface area contributed by atoms with Gasteiger partial charge in [-0.15, -0.1) is 24.8 Å². The second-order valence-corrected chi connectivity index (χ2v) is 4.56. The monoisotopic (exact) mass is 286 g/mol. The van der Waals surface area contributed by atoms with Gasteiger partial charge in [0.25, 0.3) is 0 Å². The van der Waals surface area contributed by atoms with Crippen LogP contribution in [0.1, 0.15) is 20.8 Å². The number of carbonyl (C=O) groups excluding carboxylic acids is 1. The molecule has 17 heavy (non-hydrogen) atoms. The molecule has 0 amide bonds. The number of rotatable bonds is 3. The van der Waals surface area contributed by atoms with E-state index in [1.807, 2.05) is 0 Å². The van der Waals surface area contributed by atoms with Gasteiger partial charge in [-0.2, -0.15) is 0 Å². The molecule has 1 N–H and O–H groups in total. The summed E-state index contributed by atoms with van der Waals surface area (Å²) in [4.78, 5) is 13.9. The Bertz CT molecular complexity index is 228. The molecule has 0 bridgehead atoms. The fourth-order valence-electron chi connectivity index (χ4n) is 2.18. The standard InChI is InChI=1S/C11H22N2O2.2ClH/c1-8(2)10(11(14)15-4)13-6-5-12-9(3)7-13;;/h8-10,12H,5-7H2,1-4H3;2*1H/t9-,10?;;/m0../s1. The Kier molecular flexibility index (Phi) is 10.2. The predicted molar refractivity (Wildman–Crippen MR) is 74.2 cm³/mol. The van der Waals surface area contributed by atoms with Crippen LogP contribution in [0.3, 0.4) is 0 Å². The summed E-state index contributed by atoms with van der Waals surface area (Å²) in [6.07, 6.45) is 0. The van der Waals surface area contributed by atoms with Gasteiger partial charge in [0.15, 0.2) is 0 Å². The van der Waals surface area contributed by atoms with Gasteiger partial charge in [0.05, 0.1) is 7.11 Å². The maximum absolute atomic E-state index is 11.7. The van der Waals surface area contributed by atoms with Gasteiger partial charge in [-0.1, -0.05) is 13.8 Å². The summed E-state index contributed by atoms with van der Waals surface area (Å²) >= 11 is 0. The van der Waals surface area contributed by atoms with E-state index < -0.39 is 0 Å². The van der Waals surface area contributed by atoms with Gasteiger partial charge in [-0.25, -0.2) is 0 Å². The molecule has 0 aromatic carbocycles. The summed E-state index contributed by atoms with van der Waals surface area (Å²) < 4.78 is 4.86. The van der Waals surface area contributed by atoms with E-state index in [0.29, 0.717) is 12.0 Å². The molecule has 1 rings (SSSR count). The third-order valence-corrected chi connectivity index (χ3v) is 2.87. The number of esters is 1. The van der Waals surface area contributed by atoms with Gasteiger partial charge >= 0.3 is 5.97 Å². The van der Waals surface area contributed by atoms with E-state index in [1.165, 1.54) is 7.11 Å². The summed E-state index contributed by atoms with van der Waals surface area (Å²) in [5, 5.41) is 3.37. The molecule has 1 aliphatic heterocycles. The van der Waals surface area contributed by atoms with E-state index >= 15 is 0 Å². The smallest absolute Gasteiger partial charge is 0.323 e. The quantitative estimate of drug-likeness (QED) is 0.795. The molecule has 0 saturated carbocycles. The number of piperazine rings is 1. The van der Waals surface area contributed by atoms with E-state index in [4.69, 9.17) is 4.74 Å². The molecule has 4 nitrogen and oxygen atoms in total. The van der Waals surface area contributed by atoms with Crippen molar-refractivity contribution in [3.05, 3.63) is 0 Å². The summed E-state index contributed by atoms with van der Waals surface area (Å²) in [6, 6.07) is 0.351. The highest BCUT2D eigenvalue weighted by Crippen LogP contribution is 2.14. The average Bonchev–Trinajstić information content (AvgIpc) is 2.17. The van der Waals surface area contributed by atoms with Crippen molar-refractivity contribution in [2.45, 2.75) is 32.9 Å². The van der Waals surface area contributed by atoms with Crippen LogP contribution in [-0.4, -0.2) is 49.7 Å². The van der Waals surface area contributed by atoms with Crippen LogP contribution in [0.2, 0.25) is 0 Å². The van der Waals surface area contributed by atoms with Crippen LogP contribution in [0.15, 0.2) is 0 Å². The second-order valence-electron chi connectivity index (χ2n) is 4.56. The number of hydrogen-bond donors (Lipinski definition) is 1. The SMILES string of the molecule is COC(=O)C(C(C)C)N1CCN[C@@H](C)C1.Cl.Cl. The molecular formula is C11H24Cl2N2O2. The molecular weight excluding hydrogens is 263 g/mol. The molecule has 6 heteroatoms. The van der Waals surface area contributed by atoms with Gasteiger partial charge in [-0.05, 0) is 12.8 Å². The minimum Gasteiger partial charge on any atom is -0.468 e. The molecule has 0 spiro atoms. The Morgan fingerprint density at radius 3 is 2.41 bits per heavy atom. The van der Waals surface area contributed by atoms with E-state index in [1.54, 1.807) is 0 Å². The van der Waals surface area contributed by atoms with Crippen molar-refractivity contribution in [2.24, 2.45) is 5.92 Å². The second kappa shape index (κ2) is 8.97. The zero-order valence-corrected chi connectivity index (χ0v) is 12.6. The van der Waals surface area contributed by atoms with E-state index in [9.17, 15) is 4.79 Å². The maximum atomic E-state index is 11.7. The summed E-state index contributed by atoms with van der Waals surface area (Å²) in [7, 11) is 1.46. The maximum Gasteiger partial charge on any atom is 0.323 e. The van der Waals surface area contributed by atoms with Gasteiger partial charge in [0.1, 0.15) is 6.04 Å². The van der Waals surface area contributed by atoms with Crippen molar-refractivity contribution in [3.63, 3.8) is 0 Å². The van der Waals surface area contributed by atoms with Crippen LogP contribution in [0, 0.1) is 5.92 Å². The number of carbonyl (C=O) groups is 1. The first kappa shape index (κ1) is 19.3. The molecule has 1 heterocycles. The molecule has 0 radical (unpaired) electrons. The fourth-order valence-corrected chi connectivity index (χ4v) is 2.18. The summed E-state index contributed by atoms with van der Waals surface area (Å²) in [5.74, 6) is 0.182. The van der Waals surface area contributed by atoms with Crippen molar-refractivity contribution in [1.29, 1.82) is 0 Å². The number of ether oxygens (including phenoxy) is 1.